The summed E-state index contributed by atoms with van der Waals surface area (Å²) in [6.45, 7) is 0. The van der Waals surface area contributed by atoms with Crippen LogP contribution in [0, 0.1) is 10.1 Å². The molecule has 2 aromatic carbocycles. The summed E-state index contributed by atoms with van der Waals surface area (Å²) in [5.41, 5.74) is 8.62. The Hall–Kier alpha value is -3.89. The van der Waals surface area contributed by atoms with Gasteiger partial charge in [0.2, 0.25) is 5.91 Å². The Kier molecular flexibility index (Phi) is 6.55. The molecule has 0 aliphatic heterocycles. The van der Waals surface area contributed by atoms with E-state index >= 15 is 0 Å². The second-order valence-corrected chi connectivity index (χ2v) is 7.24. The fourth-order valence-electron chi connectivity index (χ4n) is 2.37. The molecule has 0 bridgehead atoms. The van der Waals surface area contributed by atoms with Crippen molar-refractivity contribution < 1.29 is 32.5 Å². The Morgan fingerprint density at radius 2 is 1.79 bits per heavy atom. The van der Waals surface area contributed by atoms with Crippen molar-refractivity contribution in [1.82, 2.24) is 4.72 Å². The van der Waals surface area contributed by atoms with Crippen molar-refractivity contribution in [1.29, 1.82) is 0 Å². The van der Waals surface area contributed by atoms with E-state index in [1.807, 2.05) is 4.72 Å². The molecule has 1 N–H and O–H groups in total. The quantitative estimate of drug-likeness (QED) is 0.173. The summed E-state index contributed by atoms with van der Waals surface area (Å²) < 4.78 is 31.0. The average Bonchev–Trinajstić information content (AvgIpc) is 2.69. The normalized spacial score (nSPS) is 10.5. The van der Waals surface area contributed by atoms with Gasteiger partial charge in [0, 0.05) is 12.1 Å². The van der Waals surface area contributed by atoms with Crippen molar-refractivity contribution in [3.63, 3.8) is 0 Å². The zero-order valence-corrected chi connectivity index (χ0v) is 15.8. The van der Waals surface area contributed by atoms with Crippen LogP contribution < -0.4 is 4.72 Å². The van der Waals surface area contributed by atoms with Crippen LogP contribution in [0.1, 0.15) is 11.1 Å². The Morgan fingerprint density at radius 1 is 1.17 bits per heavy atom. The number of ether oxygens (including phenoxy) is 1. The molecular formula is C17H14N4O7S. The van der Waals surface area contributed by atoms with Gasteiger partial charge >= 0.3 is 11.7 Å². The van der Waals surface area contributed by atoms with Crippen LogP contribution in [0.3, 0.4) is 0 Å². The SMILES string of the molecule is COC(=O)C(=[N+]=[N-])c1ccccc1CC(=O)NS(=O)(=O)c1ccc([N+](=O)[O-])cc1. The Morgan fingerprint density at radius 3 is 2.34 bits per heavy atom. The third-order valence-electron chi connectivity index (χ3n) is 3.71. The second kappa shape index (κ2) is 8.87. The number of rotatable bonds is 7. The Balaban J connectivity index is 2.24. The van der Waals surface area contributed by atoms with Crippen LogP contribution >= 0.6 is 0 Å². The molecular weight excluding hydrogens is 404 g/mol. The van der Waals surface area contributed by atoms with Gasteiger partial charge < -0.3 is 10.3 Å². The first-order valence-corrected chi connectivity index (χ1v) is 9.36. The van der Waals surface area contributed by atoms with Gasteiger partial charge in [0.1, 0.15) is 0 Å². The number of esters is 1. The number of carbonyl (C=O) groups excluding carboxylic acids is 2. The molecule has 150 valence electrons. The van der Waals surface area contributed by atoms with Crippen molar-refractivity contribution >= 4 is 33.3 Å². The standard InChI is InChI=1S/C17H14N4O7S/c1-28-17(23)16(19-18)14-5-3-2-4-11(14)10-15(22)20-29(26,27)13-8-6-12(7-9-13)21(24)25/h2-9H,10H2,1H3,(H,20,22). The van der Waals surface area contributed by atoms with Crippen LogP contribution in [0.4, 0.5) is 5.69 Å². The minimum atomic E-state index is -4.28. The first kappa shape index (κ1) is 21.4. The third kappa shape index (κ3) is 5.09. The lowest BCUT2D eigenvalue weighted by Crippen LogP contribution is -2.32. The van der Waals surface area contributed by atoms with Gasteiger partial charge in [-0.15, -0.1) is 0 Å². The topological polar surface area (TPSA) is 169 Å². The van der Waals surface area contributed by atoms with E-state index < -0.39 is 39.0 Å². The molecule has 0 atom stereocenters. The summed E-state index contributed by atoms with van der Waals surface area (Å²) in [6, 6.07) is 9.90. The minimum Gasteiger partial charge on any atom is -0.460 e. The summed E-state index contributed by atoms with van der Waals surface area (Å²) in [7, 11) is -3.19. The zero-order valence-electron chi connectivity index (χ0n) is 14.9. The smallest absolute Gasteiger partial charge is 0.422 e. The Bertz CT molecular complexity index is 1120. The van der Waals surface area contributed by atoms with Crippen LogP contribution in [0.25, 0.3) is 5.53 Å². The molecule has 0 heterocycles. The number of carbonyl (C=O) groups is 2. The number of methoxy groups -OCH3 is 1. The fourth-order valence-corrected chi connectivity index (χ4v) is 3.36. The van der Waals surface area contributed by atoms with Crippen molar-refractivity contribution in [2.24, 2.45) is 0 Å². The molecule has 29 heavy (non-hydrogen) atoms. The van der Waals surface area contributed by atoms with Gasteiger partial charge in [0.05, 0.1) is 28.9 Å². The van der Waals surface area contributed by atoms with E-state index in [2.05, 4.69) is 9.53 Å². The lowest BCUT2D eigenvalue weighted by atomic mass is 10.0. The average molecular weight is 418 g/mol. The molecule has 0 spiro atoms. The molecule has 0 aromatic heterocycles. The highest BCUT2D eigenvalue weighted by molar-refractivity contribution is 7.90. The number of nitro benzene ring substituents is 1. The Labute approximate surface area is 164 Å². The number of hydrogen-bond donors (Lipinski definition) is 1. The summed E-state index contributed by atoms with van der Waals surface area (Å²) in [4.78, 5) is 36.5. The number of non-ortho nitro benzene ring substituents is 1. The third-order valence-corrected chi connectivity index (χ3v) is 5.10. The highest BCUT2D eigenvalue weighted by atomic mass is 32.2. The van der Waals surface area contributed by atoms with Crippen molar-refractivity contribution in [3.8, 4) is 0 Å². The maximum Gasteiger partial charge on any atom is 0.422 e. The highest BCUT2D eigenvalue weighted by Gasteiger charge is 2.27. The molecule has 2 rings (SSSR count). The molecule has 1 amide bonds. The molecule has 0 fully saturated rings. The lowest BCUT2D eigenvalue weighted by molar-refractivity contribution is -0.384. The summed E-state index contributed by atoms with van der Waals surface area (Å²) in [6.07, 6.45) is -0.460. The van der Waals surface area contributed by atoms with E-state index in [0.717, 1.165) is 31.4 Å². The van der Waals surface area contributed by atoms with E-state index in [4.69, 9.17) is 5.53 Å². The van der Waals surface area contributed by atoms with Crippen molar-refractivity contribution in [3.05, 3.63) is 75.3 Å². The monoisotopic (exact) mass is 418 g/mol. The largest absolute Gasteiger partial charge is 0.460 e. The molecule has 0 aliphatic rings. The van der Waals surface area contributed by atoms with Gasteiger partial charge in [-0.3, -0.25) is 14.9 Å². The van der Waals surface area contributed by atoms with E-state index in [-0.39, 0.29) is 21.7 Å². The van der Waals surface area contributed by atoms with Crippen LogP contribution in [-0.2, 0) is 30.8 Å². The first-order valence-electron chi connectivity index (χ1n) is 7.88. The fraction of sp³-hybridized carbons (Fsp3) is 0.118. The van der Waals surface area contributed by atoms with Gasteiger partial charge in [-0.25, -0.2) is 17.9 Å². The molecule has 11 nitrogen and oxygen atoms in total. The number of nitro groups is 1. The van der Waals surface area contributed by atoms with Crippen LogP contribution in [0.2, 0.25) is 0 Å². The van der Waals surface area contributed by atoms with E-state index in [9.17, 15) is 28.1 Å². The van der Waals surface area contributed by atoms with E-state index in [1.54, 1.807) is 6.07 Å². The highest BCUT2D eigenvalue weighted by Crippen LogP contribution is 2.16. The molecule has 2 aromatic rings. The molecule has 0 unspecified atom stereocenters. The summed E-state index contributed by atoms with van der Waals surface area (Å²) in [5, 5.41) is 10.7. The maximum atomic E-state index is 12.3. The van der Waals surface area contributed by atoms with Crippen LogP contribution in [0.15, 0.2) is 53.4 Å². The molecule has 0 saturated carbocycles. The predicted octanol–water partition coefficient (Wildman–Crippen LogP) is 0.834. The number of hydrogen-bond acceptors (Lipinski definition) is 7. The van der Waals surface area contributed by atoms with Gasteiger partial charge in [-0.1, -0.05) is 18.2 Å². The van der Waals surface area contributed by atoms with Crippen molar-refractivity contribution in [2.45, 2.75) is 11.3 Å². The number of benzene rings is 2. The lowest BCUT2D eigenvalue weighted by Gasteiger charge is -2.08. The van der Waals surface area contributed by atoms with Crippen molar-refractivity contribution in [2.75, 3.05) is 7.11 Å². The second-order valence-electron chi connectivity index (χ2n) is 5.55. The predicted molar refractivity (Wildman–Crippen MR) is 98.3 cm³/mol. The zero-order chi connectivity index (χ0) is 21.6. The summed E-state index contributed by atoms with van der Waals surface area (Å²) >= 11 is 0. The molecule has 0 aliphatic carbocycles. The number of amides is 1. The summed E-state index contributed by atoms with van der Waals surface area (Å²) in [5.74, 6) is -1.88. The number of nitrogens with one attached hydrogen (secondary N) is 1. The number of sulfonamides is 1. The van der Waals surface area contributed by atoms with Gasteiger partial charge in [0.25, 0.3) is 15.7 Å². The first-order chi connectivity index (χ1) is 13.7. The van der Waals surface area contributed by atoms with Crippen LogP contribution in [-0.4, -0.2) is 42.8 Å². The van der Waals surface area contributed by atoms with Gasteiger partial charge in [0.15, 0.2) is 0 Å². The molecule has 12 heteroatoms. The van der Waals surface area contributed by atoms with Gasteiger partial charge in [-0.2, -0.15) is 4.79 Å². The van der Waals surface area contributed by atoms with E-state index in [0.29, 0.717) is 0 Å². The van der Waals surface area contributed by atoms with E-state index in [1.165, 1.54) is 18.2 Å². The molecule has 0 radical (unpaired) electrons. The van der Waals surface area contributed by atoms with Crippen LogP contribution in [0.5, 0.6) is 0 Å². The number of nitrogens with zero attached hydrogens (tertiary/aromatic N) is 3. The minimum absolute atomic E-state index is 0.0877. The van der Waals surface area contributed by atoms with Gasteiger partial charge in [-0.05, 0) is 23.8 Å². The maximum absolute atomic E-state index is 12.3. The molecule has 0 saturated heterocycles.